The second-order valence-electron chi connectivity index (χ2n) is 6.80. The minimum absolute atomic E-state index is 0.100. The predicted octanol–water partition coefficient (Wildman–Crippen LogP) is 4.61. The third-order valence-corrected chi connectivity index (χ3v) is 4.86. The lowest BCUT2D eigenvalue weighted by Crippen LogP contribution is -2.13. The summed E-state index contributed by atoms with van der Waals surface area (Å²) in [5, 5.41) is 14.1. The second-order valence-corrected chi connectivity index (χ2v) is 6.80. The van der Waals surface area contributed by atoms with Crippen LogP contribution < -0.4 is 19.5 Å². The van der Waals surface area contributed by atoms with Crippen LogP contribution in [0.1, 0.15) is 22.8 Å². The number of carbonyl (C=O) groups excluding carboxylic acids is 1. The third-order valence-electron chi connectivity index (χ3n) is 4.86. The number of hydrogen-bond acceptors (Lipinski definition) is 5. The molecule has 0 spiro atoms. The molecule has 0 heterocycles. The van der Waals surface area contributed by atoms with Gasteiger partial charge in [0.1, 0.15) is 5.75 Å². The Kier molecular flexibility index (Phi) is 6.45. The molecule has 160 valence electrons. The van der Waals surface area contributed by atoms with Crippen LogP contribution in [0, 0.1) is 0 Å². The Morgan fingerprint density at radius 2 is 1.52 bits per heavy atom. The van der Waals surface area contributed by atoms with E-state index in [-0.39, 0.29) is 17.0 Å². The van der Waals surface area contributed by atoms with Crippen LogP contribution in [-0.2, 0) is 4.79 Å². The monoisotopic (exact) mass is 421 g/mol. The molecule has 0 saturated carbocycles. The van der Waals surface area contributed by atoms with Gasteiger partial charge in [0.25, 0.3) is 0 Å². The van der Waals surface area contributed by atoms with E-state index in [1.165, 1.54) is 32.4 Å². The standard InChI is InChI=1S/C24H23NO6/c1-14(15-5-6-17-11-18(29-2)8-7-16(17)10-15)9-23(26)25-20-13-22(31-4)21(30-3)12-19(20)24(27)28/h5-13H,1-4H3,(H,25,26)(H,27,28)/b14-9-. The van der Waals surface area contributed by atoms with Gasteiger partial charge in [-0.2, -0.15) is 0 Å². The van der Waals surface area contributed by atoms with E-state index < -0.39 is 11.9 Å². The Bertz CT molecular complexity index is 1180. The Morgan fingerprint density at radius 3 is 2.16 bits per heavy atom. The van der Waals surface area contributed by atoms with Crippen molar-refractivity contribution in [1.82, 2.24) is 0 Å². The number of carboxylic acid groups (broad SMARTS) is 1. The lowest BCUT2D eigenvalue weighted by molar-refractivity contribution is -0.111. The number of methoxy groups -OCH3 is 3. The quantitative estimate of drug-likeness (QED) is 0.541. The summed E-state index contributed by atoms with van der Waals surface area (Å²) in [6.07, 6.45) is 1.42. The Balaban J connectivity index is 1.88. The first-order valence-corrected chi connectivity index (χ1v) is 9.43. The zero-order valence-electron chi connectivity index (χ0n) is 17.7. The number of aromatic carboxylic acids is 1. The first kappa shape index (κ1) is 21.7. The van der Waals surface area contributed by atoms with Crippen molar-refractivity contribution in [3.05, 3.63) is 65.7 Å². The number of amides is 1. The zero-order chi connectivity index (χ0) is 22.5. The van der Waals surface area contributed by atoms with Gasteiger partial charge >= 0.3 is 5.97 Å². The maximum atomic E-state index is 12.6. The third kappa shape index (κ3) is 4.78. The lowest BCUT2D eigenvalue weighted by Gasteiger charge is -2.13. The molecule has 0 unspecified atom stereocenters. The van der Waals surface area contributed by atoms with Gasteiger partial charge in [0.2, 0.25) is 5.91 Å². The molecule has 2 N–H and O–H groups in total. The van der Waals surface area contributed by atoms with Gasteiger partial charge in [-0.1, -0.05) is 18.2 Å². The van der Waals surface area contributed by atoms with Crippen LogP contribution in [0.2, 0.25) is 0 Å². The fraction of sp³-hybridized carbons (Fsp3) is 0.167. The average Bonchev–Trinajstić information content (AvgIpc) is 2.77. The van der Waals surface area contributed by atoms with Crippen LogP contribution in [0.15, 0.2) is 54.6 Å². The number of anilines is 1. The highest BCUT2D eigenvalue weighted by Crippen LogP contribution is 2.33. The van der Waals surface area contributed by atoms with Gasteiger partial charge in [-0.3, -0.25) is 4.79 Å². The van der Waals surface area contributed by atoms with E-state index in [1.54, 1.807) is 7.11 Å². The van der Waals surface area contributed by atoms with Crippen molar-refractivity contribution in [3.8, 4) is 17.2 Å². The number of benzene rings is 3. The van der Waals surface area contributed by atoms with E-state index in [1.807, 2.05) is 43.3 Å². The van der Waals surface area contributed by atoms with Crippen molar-refractivity contribution in [3.63, 3.8) is 0 Å². The number of carbonyl (C=O) groups is 2. The zero-order valence-corrected chi connectivity index (χ0v) is 17.7. The molecule has 7 nitrogen and oxygen atoms in total. The molecule has 0 atom stereocenters. The van der Waals surface area contributed by atoms with Crippen LogP contribution in [-0.4, -0.2) is 38.3 Å². The number of fused-ring (bicyclic) bond motifs is 1. The normalized spacial score (nSPS) is 11.2. The van der Waals surface area contributed by atoms with Crippen molar-refractivity contribution < 1.29 is 28.9 Å². The first-order chi connectivity index (χ1) is 14.9. The van der Waals surface area contributed by atoms with Gasteiger partial charge < -0.3 is 24.6 Å². The molecule has 7 heteroatoms. The number of carboxylic acids is 1. The maximum Gasteiger partial charge on any atom is 0.337 e. The van der Waals surface area contributed by atoms with Gasteiger partial charge in [-0.15, -0.1) is 0 Å². The molecule has 0 radical (unpaired) electrons. The summed E-state index contributed by atoms with van der Waals surface area (Å²) in [6.45, 7) is 1.82. The largest absolute Gasteiger partial charge is 0.497 e. The van der Waals surface area contributed by atoms with Crippen molar-refractivity contribution in [1.29, 1.82) is 0 Å². The molecule has 0 fully saturated rings. The molecule has 1 amide bonds. The van der Waals surface area contributed by atoms with Crippen molar-refractivity contribution in [2.45, 2.75) is 6.92 Å². The molecule has 0 bridgehead atoms. The first-order valence-electron chi connectivity index (χ1n) is 9.43. The Morgan fingerprint density at radius 1 is 0.871 bits per heavy atom. The fourth-order valence-electron chi connectivity index (χ4n) is 3.20. The van der Waals surface area contributed by atoms with E-state index in [0.29, 0.717) is 5.75 Å². The molecule has 3 aromatic carbocycles. The van der Waals surface area contributed by atoms with E-state index in [4.69, 9.17) is 14.2 Å². The van der Waals surface area contributed by atoms with Crippen molar-refractivity contribution in [2.75, 3.05) is 26.6 Å². The summed E-state index contributed by atoms with van der Waals surface area (Å²) in [5.74, 6) is -0.300. The smallest absolute Gasteiger partial charge is 0.337 e. The summed E-state index contributed by atoms with van der Waals surface area (Å²) in [7, 11) is 4.46. The van der Waals surface area contributed by atoms with Gasteiger partial charge in [0.05, 0.1) is 32.6 Å². The molecule has 0 aliphatic heterocycles. The van der Waals surface area contributed by atoms with Crippen molar-refractivity contribution >= 4 is 33.9 Å². The summed E-state index contributed by atoms with van der Waals surface area (Å²) in [6, 6.07) is 14.4. The van der Waals surface area contributed by atoms with Gasteiger partial charge in [-0.05, 0) is 47.0 Å². The van der Waals surface area contributed by atoms with Crippen LogP contribution in [0.5, 0.6) is 17.2 Å². The predicted molar refractivity (Wildman–Crippen MR) is 119 cm³/mol. The van der Waals surface area contributed by atoms with Crippen LogP contribution in [0.25, 0.3) is 16.3 Å². The van der Waals surface area contributed by atoms with E-state index >= 15 is 0 Å². The molecular formula is C24H23NO6. The summed E-state index contributed by atoms with van der Waals surface area (Å²) >= 11 is 0. The number of nitrogens with one attached hydrogen (secondary N) is 1. The highest BCUT2D eigenvalue weighted by atomic mass is 16.5. The van der Waals surface area contributed by atoms with Gasteiger partial charge in [-0.25, -0.2) is 4.79 Å². The van der Waals surface area contributed by atoms with Crippen LogP contribution in [0.3, 0.4) is 0 Å². The van der Waals surface area contributed by atoms with Crippen LogP contribution in [0.4, 0.5) is 5.69 Å². The van der Waals surface area contributed by atoms with Gasteiger partial charge in [0.15, 0.2) is 11.5 Å². The molecule has 0 aliphatic carbocycles. The molecule has 0 saturated heterocycles. The molecule has 3 aromatic rings. The molecule has 0 aliphatic rings. The molecule has 3 rings (SSSR count). The number of ether oxygens (including phenoxy) is 3. The van der Waals surface area contributed by atoms with Crippen LogP contribution >= 0.6 is 0 Å². The molecule has 0 aromatic heterocycles. The Labute approximate surface area is 179 Å². The summed E-state index contributed by atoms with van der Waals surface area (Å²) in [5.41, 5.74) is 1.62. The lowest BCUT2D eigenvalue weighted by atomic mass is 10.0. The average molecular weight is 421 g/mol. The maximum absolute atomic E-state index is 12.6. The minimum Gasteiger partial charge on any atom is -0.497 e. The SMILES string of the molecule is COc1ccc2cc(/C(C)=C\C(=O)Nc3cc(OC)c(OC)cc3C(=O)O)ccc2c1. The number of rotatable bonds is 7. The number of allylic oxidation sites excluding steroid dienone is 1. The fourth-order valence-corrected chi connectivity index (χ4v) is 3.20. The Hall–Kier alpha value is -4.00. The van der Waals surface area contributed by atoms with E-state index in [0.717, 1.165) is 27.7 Å². The van der Waals surface area contributed by atoms with Crippen molar-refractivity contribution in [2.24, 2.45) is 0 Å². The van der Waals surface area contributed by atoms with E-state index in [2.05, 4.69) is 5.32 Å². The number of hydrogen-bond donors (Lipinski definition) is 2. The van der Waals surface area contributed by atoms with Gasteiger partial charge in [0, 0.05) is 18.2 Å². The topological polar surface area (TPSA) is 94.1 Å². The summed E-state index contributed by atoms with van der Waals surface area (Å²) < 4.78 is 15.6. The summed E-state index contributed by atoms with van der Waals surface area (Å²) in [4.78, 5) is 24.2. The molecular weight excluding hydrogens is 398 g/mol. The second kappa shape index (κ2) is 9.21. The highest BCUT2D eigenvalue weighted by Gasteiger charge is 2.17. The molecule has 31 heavy (non-hydrogen) atoms. The highest BCUT2D eigenvalue weighted by molar-refractivity contribution is 6.08. The van der Waals surface area contributed by atoms with E-state index in [9.17, 15) is 14.7 Å². The minimum atomic E-state index is -1.19.